The van der Waals surface area contributed by atoms with E-state index < -0.39 is 12.1 Å². The van der Waals surface area contributed by atoms with E-state index in [2.05, 4.69) is 31.3 Å². The number of rotatable bonds is 4. The number of nitrogens with zero attached hydrogens (tertiary/aromatic N) is 4. The molecule has 0 atom stereocenters. The highest BCUT2D eigenvalue weighted by molar-refractivity contribution is 9.10. The minimum atomic E-state index is -4.89. The van der Waals surface area contributed by atoms with E-state index in [0.717, 1.165) is 14.8 Å². The minimum absolute atomic E-state index is 0.00858. The molecule has 2 aromatic rings. The summed E-state index contributed by atoms with van der Waals surface area (Å²) < 4.78 is 36.8. The van der Waals surface area contributed by atoms with Crippen molar-refractivity contribution in [1.82, 2.24) is 25.5 Å². The summed E-state index contributed by atoms with van der Waals surface area (Å²) in [4.78, 5) is 11.7. The van der Waals surface area contributed by atoms with Crippen LogP contribution < -0.4 is 5.32 Å². The smallest absolute Gasteiger partial charge is 0.346 e. The van der Waals surface area contributed by atoms with Crippen LogP contribution in [0.3, 0.4) is 0 Å². The summed E-state index contributed by atoms with van der Waals surface area (Å²) in [6, 6.07) is 7.16. The fourth-order valence-electron chi connectivity index (χ4n) is 1.42. The molecular weight excluding hydrogens is 355 g/mol. The lowest BCUT2D eigenvalue weighted by Gasteiger charge is -2.06. The molecule has 0 aliphatic carbocycles. The van der Waals surface area contributed by atoms with Gasteiger partial charge in [0, 0.05) is 16.6 Å². The molecule has 112 valence electrons. The van der Waals surface area contributed by atoms with Gasteiger partial charge in [-0.2, -0.15) is 18.0 Å². The quantitative estimate of drug-likeness (QED) is 0.898. The second-order valence-electron chi connectivity index (χ2n) is 3.97. The van der Waals surface area contributed by atoms with Crippen molar-refractivity contribution in [2.24, 2.45) is 0 Å². The monoisotopic (exact) mass is 363 g/mol. The molecule has 1 N–H and O–H groups in total. The third-order valence-corrected chi connectivity index (χ3v) is 2.94. The van der Waals surface area contributed by atoms with Gasteiger partial charge in [-0.25, -0.2) is 0 Å². The highest BCUT2D eigenvalue weighted by Crippen LogP contribution is 2.17. The van der Waals surface area contributed by atoms with Crippen LogP contribution in [0.1, 0.15) is 0 Å². The van der Waals surface area contributed by atoms with Crippen LogP contribution in [0.4, 0.5) is 13.2 Å². The van der Waals surface area contributed by atoms with Gasteiger partial charge >= 0.3 is 12.1 Å². The van der Waals surface area contributed by atoms with Gasteiger partial charge in [0.15, 0.2) is 0 Å². The number of tetrazole rings is 1. The third-order valence-electron chi connectivity index (χ3n) is 2.41. The lowest BCUT2D eigenvalue weighted by atomic mass is 10.2. The van der Waals surface area contributed by atoms with Crippen molar-refractivity contribution in [2.75, 3.05) is 6.54 Å². The van der Waals surface area contributed by atoms with Gasteiger partial charge in [-0.15, -0.1) is 10.2 Å². The van der Waals surface area contributed by atoms with Gasteiger partial charge in [0.2, 0.25) is 5.82 Å². The number of nitrogens with one attached hydrogen (secondary N) is 1. The van der Waals surface area contributed by atoms with Crippen LogP contribution in [0.25, 0.3) is 11.4 Å². The Morgan fingerprint density at radius 3 is 2.57 bits per heavy atom. The third kappa shape index (κ3) is 4.25. The molecule has 1 aromatic heterocycles. The molecule has 1 amide bonds. The Morgan fingerprint density at radius 2 is 1.95 bits per heavy atom. The SMILES string of the molecule is O=C(NCCn1nnc(-c2ccc(Br)cc2)n1)C(F)(F)F. The molecule has 21 heavy (non-hydrogen) atoms. The van der Waals surface area contributed by atoms with Gasteiger partial charge in [-0.3, -0.25) is 4.79 Å². The topological polar surface area (TPSA) is 72.7 Å². The second kappa shape index (κ2) is 6.20. The van der Waals surface area contributed by atoms with Crippen LogP contribution in [0.2, 0.25) is 0 Å². The molecule has 0 unspecified atom stereocenters. The van der Waals surface area contributed by atoms with Gasteiger partial charge in [0.25, 0.3) is 0 Å². The number of carbonyl (C=O) groups is 1. The first-order valence-electron chi connectivity index (χ1n) is 5.75. The summed E-state index contributed by atoms with van der Waals surface area (Å²) in [5.74, 6) is -1.64. The zero-order chi connectivity index (χ0) is 15.5. The highest BCUT2D eigenvalue weighted by Gasteiger charge is 2.38. The molecule has 1 heterocycles. The van der Waals surface area contributed by atoms with Crippen molar-refractivity contribution in [3.05, 3.63) is 28.7 Å². The molecule has 10 heteroatoms. The fraction of sp³-hybridized carbons (Fsp3) is 0.273. The second-order valence-corrected chi connectivity index (χ2v) is 4.89. The van der Waals surface area contributed by atoms with Gasteiger partial charge in [0.1, 0.15) is 0 Å². The Balaban J connectivity index is 1.92. The molecule has 0 aliphatic heterocycles. The number of aromatic nitrogens is 4. The van der Waals surface area contributed by atoms with Gasteiger partial charge in [0.05, 0.1) is 6.54 Å². The molecule has 1 aromatic carbocycles. The highest BCUT2D eigenvalue weighted by atomic mass is 79.9. The van der Waals surface area contributed by atoms with Gasteiger partial charge in [-0.1, -0.05) is 15.9 Å². The molecule has 0 saturated carbocycles. The first-order valence-corrected chi connectivity index (χ1v) is 6.54. The van der Waals surface area contributed by atoms with E-state index in [1.165, 1.54) is 0 Å². The van der Waals surface area contributed by atoms with Crippen LogP contribution in [0.15, 0.2) is 28.7 Å². The molecule has 0 radical (unpaired) electrons. The standard InChI is InChI=1S/C11H9BrF3N5O/c12-8-3-1-7(2-4-8)9-17-19-20(18-9)6-5-16-10(21)11(13,14)15/h1-4H,5-6H2,(H,16,21). The Labute approximate surface area is 125 Å². The number of carbonyl (C=O) groups excluding carboxylic acids is 1. The number of benzene rings is 1. The van der Waals surface area contributed by atoms with Gasteiger partial charge in [-0.05, 0) is 29.5 Å². The predicted molar refractivity (Wildman–Crippen MR) is 70.0 cm³/mol. The largest absolute Gasteiger partial charge is 0.471 e. The van der Waals surface area contributed by atoms with E-state index in [4.69, 9.17) is 0 Å². The Bertz CT molecular complexity index is 626. The lowest BCUT2D eigenvalue weighted by molar-refractivity contribution is -0.173. The first-order chi connectivity index (χ1) is 9.86. The van der Waals surface area contributed by atoms with Crippen LogP contribution in [-0.2, 0) is 11.3 Å². The summed E-state index contributed by atoms with van der Waals surface area (Å²) in [7, 11) is 0. The Morgan fingerprint density at radius 1 is 1.29 bits per heavy atom. The van der Waals surface area contributed by atoms with E-state index in [1.54, 1.807) is 29.6 Å². The van der Waals surface area contributed by atoms with Crippen molar-refractivity contribution in [1.29, 1.82) is 0 Å². The van der Waals surface area contributed by atoms with E-state index in [0.29, 0.717) is 5.82 Å². The van der Waals surface area contributed by atoms with Crippen molar-refractivity contribution in [3.8, 4) is 11.4 Å². The van der Waals surface area contributed by atoms with Crippen molar-refractivity contribution < 1.29 is 18.0 Å². The van der Waals surface area contributed by atoms with E-state index in [9.17, 15) is 18.0 Å². The van der Waals surface area contributed by atoms with E-state index in [-0.39, 0.29) is 13.1 Å². The molecule has 0 fully saturated rings. The Kier molecular flexibility index (Phi) is 4.56. The number of halogens is 4. The van der Waals surface area contributed by atoms with Crippen LogP contribution in [-0.4, -0.2) is 38.8 Å². The summed E-state index contributed by atoms with van der Waals surface area (Å²) >= 11 is 3.29. The number of hydrogen-bond acceptors (Lipinski definition) is 4. The molecule has 2 rings (SSSR count). The van der Waals surface area contributed by atoms with E-state index in [1.807, 2.05) is 0 Å². The summed E-state index contributed by atoms with van der Waals surface area (Å²) in [6.07, 6.45) is -4.89. The zero-order valence-corrected chi connectivity index (χ0v) is 12.0. The molecular formula is C11H9BrF3N5O. The summed E-state index contributed by atoms with van der Waals surface area (Å²) in [5, 5.41) is 13.2. The predicted octanol–water partition coefficient (Wildman–Crippen LogP) is 1.78. The number of hydrogen-bond donors (Lipinski definition) is 1. The molecule has 0 saturated heterocycles. The van der Waals surface area contributed by atoms with Crippen molar-refractivity contribution >= 4 is 21.8 Å². The van der Waals surface area contributed by atoms with Crippen molar-refractivity contribution in [3.63, 3.8) is 0 Å². The number of amides is 1. The first kappa shape index (κ1) is 15.4. The summed E-state index contributed by atoms with van der Waals surface area (Å²) in [5.41, 5.74) is 0.726. The van der Waals surface area contributed by atoms with Gasteiger partial charge < -0.3 is 5.32 Å². The minimum Gasteiger partial charge on any atom is -0.346 e. The zero-order valence-electron chi connectivity index (χ0n) is 10.4. The summed E-state index contributed by atoms with van der Waals surface area (Å²) in [6.45, 7) is -0.250. The molecule has 6 nitrogen and oxygen atoms in total. The average Bonchev–Trinajstić information content (AvgIpc) is 2.87. The average molecular weight is 364 g/mol. The van der Waals surface area contributed by atoms with Crippen LogP contribution in [0, 0.1) is 0 Å². The molecule has 0 bridgehead atoms. The normalized spacial score (nSPS) is 11.4. The Hall–Kier alpha value is -1.97. The maximum atomic E-state index is 12.0. The van der Waals surface area contributed by atoms with Crippen LogP contribution >= 0.6 is 15.9 Å². The molecule has 0 aliphatic rings. The maximum Gasteiger partial charge on any atom is 0.471 e. The molecule has 0 spiro atoms. The lowest BCUT2D eigenvalue weighted by Crippen LogP contribution is -2.38. The fourth-order valence-corrected chi connectivity index (χ4v) is 1.69. The van der Waals surface area contributed by atoms with Crippen molar-refractivity contribution in [2.45, 2.75) is 12.7 Å². The maximum absolute atomic E-state index is 12.0. The van der Waals surface area contributed by atoms with Crippen LogP contribution in [0.5, 0.6) is 0 Å². The van der Waals surface area contributed by atoms with E-state index >= 15 is 0 Å². The number of alkyl halides is 3.